The fraction of sp³-hybridized carbons (Fsp3) is 1.00. The van der Waals surface area contributed by atoms with Crippen LogP contribution >= 0.6 is 0 Å². The Kier molecular flexibility index (Phi) is 1.48. The van der Waals surface area contributed by atoms with Gasteiger partial charge in [0.2, 0.25) is 0 Å². The highest BCUT2D eigenvalue weighted by Crippen LogP contribution is 2.59. The molecule has 2 saturated carbocycles. The van der Waals surface area contributed by atoms with Crippen molar-refractivity contribution < 1.29 is 5.11 Å². The molecule has 1 N–H and O–H groups in total. The summed E-state index contributed by atoms with van der Waals surface area (Å²) in [6, 6.07) is 0. The van der Waals surface area contributed by atoms with Gasteiger partial charge < -0.3 is 5.11 Å². The lowest BCUT2D eigenvalue weighted by Crippen LogP contribution is -2.23. The fourth-order valence-electron chi connectivity index (χ4n) is 2.48. The summed E-state index contributed by atoms with van der Waals surface area (Å²) in [5, 5.41) is 9.07. The van der Waals surface area contributed by atoms with E-state index in [1.54, 1.807) is 0 Å². The van der Waals surface area contributed by atoms with Gasteiger partial charge in [-0.2, -0.15) is 0 Å². The Labute approximate surface area is 62.4 Å². The molecule has 10 heavy (non-hydrogen) atoms. The third-order valence-corrected chi connectivity index (χ3v) is 3.46. The molecule has 1 unspecified atom stereocenters. The van der Waals surface area contributed by atoms with Crippen molar-refractivity contribution >= 4 is 0 Å². The lowest BCUT2D eigenvalue weighted by Gasteiger charge is -2.29. The van der Waals surface area contributed by atoms with Crippen LogP contribution < -0.4 is 0 Å². The van der Waals surface area contributed by atoms with Gasteiger partial charge in [-0.05, 0) is 37.0 Å². The van der Waals surface area contributed by atoms with Crippen LogP contribution in [0.15, 0.2) is 0 Å². The number of aliphatic hydroxyl groups excluding tert-OH is 1. The maximum Gasteiger partial charge on any atom is 0.0464 e. The van der Waals surface area contributed by atoms with Gasteiger partial charge in [-0.1, -0.05) is 12.8 Å². The Balaban J connectivity index is 2.01. The van der Waals surface area contributed by atoms with Crippen LogP contribution in [-0.4, -0.2) is 11.7 Å². The summed E-state index contributed by atoms with van der Waals surface area (Å²) in [6.45, 7) is 0.444. The highest BCUT2D eigenvalue weighted by Gasteiger charge is 2.49. The topological polar surface area (TPSA) is 20.2 Å². The van der Waals surface area contributed by atoms with E-state index < -0.39 is 0 Å². The first kappa shape index (κ1) is 6.66. The van der Waals surface area contributed by atoms with Gasteiger partial charge in [0, 0.05) is 6.61 Å². The van der Waals surface area contributed by atoms with Gasteiger partial charge >= 0.3 is 0 Å². The van der Waals surface area contributed by atoms with Gasteiger partial charge in [0.1, 0.15) is 0 Å². The first-order valence-electron chi connectivity index (χ1n) is 4.48. The molecule has 0 bridgehead atoms. The number of rotatable bonds is 1. The third-order valence-electron chi connectivity index (χ3n) is 3.46. The molecule has 1 atom stereocenters. The van der Waals surface area contributed by atoms with Crippen LogP contribution in [0.25, 0.3) is 0 Å². The van der Waals surface area contributed by atoms with E-state index in [1.807, 2.05) is 0 Å². The van der Waals surface area contributed by atoms with E-state index in [0.717, 1.165) is 0 Å². The van der Waals surface area contributed by atoms with Crippen molar-refractivity contribution in [2.24, 2.45) is 11.3 Å². The molecule has 2 fully saturated rings. The molecule has 1 spiro atoms. The molecule has 58 valence electrons. The smallest absolute Gasteiger partial charge is 0.0464 e. The van der Waals surface area contributed by atoms with Crippen LogP contribution in [0.3, 0.4) is 0 Å². The zero-order chi connectivity index (χ0) is 7.03. The molecular weight excluding hydrogens is 124 g/mol. The van der Waals surface area contributed by atoms with E-state index in [-0.39, 0.29) is 0 Å². The van der Waals surface area contributed by atoms with Crippen LogP contribution in [0.5, 0.6) is 0 Å². The molecule has 2 aliphatic carbocycles. The van der Waals surface area contributed by atoms with Gasteiger partial charge in [0.05, 0.1) is 0 Å². The normalized spacial score (nSPS) is 36.3. The Morgan fingerprint density at radius 1 is 1.20 bits per heavy atom. The Bertz CT molecular complexity index is 127. The Hall–Kier alpha value is -0.0400. The highest BCUT2D eigenvalue weighted by atomic mass is 16.3. The summed E-state index contributed by atoms with van der Waals surface area (Å²) in [6.07, 6.45) is 8.26. The standard InChI is InChI=1S/C9H16O/c10-7-8-3-1-2-4-9(8)5-6-9/h8,10H,1-7H2. The van der Waals surface area contributed by atoms with Crippen molar-refractivity contribution in [3.8, 4) is 0 Å². The van der Waals surface area contributed by atoms with Crippen molar-refractivity contribution in [3.05, 3.63) is 0 Å². The first-order valence-corrected chi connectivity index (χ1v) is 4.48. The van der Waals surface area contributed by atoms with Gasteiger partial charge in [0.25, 0.3) is 0 Å². The van der Waals surface area contributed by atoms with E-state index in [9.17, 15) is 0 Å². The Morgan fingerprint density at radius 3 is 2.50 bits per heavy atom. The maximum atomic E-state index is 9.07. The van der Waals surface area contributed by atoms with Crippen LogP contribution in [0, 0.1) is 11.3 Å². The monoisotopic (exact) mass is 140 g/mol. The van der Waals surface area contributed by atoms with Crippen molar-refractivity contribution in [3.63, 3.8) is 0 Å². The average Bonchev–Trinajstić information content (AvgIpc) is 2.71. The van der Waals surface area contributed by atoms with Crippen molar-refractivity contribution in [2.75, 3.05) is 6.61 Å². The fourth-order valence-corrected chi connectivity index (χ4v) is 2.48. The largest absolute Gasteiger partial charge is 0.396 e. The summed E-state index contributed by atoms with van der Waals surface area (Å²) in [5.41, 5.74) is 0.646. The first-order chi connectivity index (χ1) is 4.87. The molecule has 0 aromatic heterocycles. The van der Waals surface area contributed by atoms with Crippen LogP contribution in [0.2, 0.25) is 0 Å². The second-order valence-electron chi connectivity index (χ2n) is 3.99. The minimum atomic E-state index is 0.444. The minimum absolute atomic E-state index is 0.444. The quantitative estimate of drug-likeness (QED) is 0.590. The maximum absolute atomic E-state index is 9.07. The predicted molar refractivity (Wildman–Crippen MR) is 40.7 cm³/mol. The highest BCUT2D eigenvalue weighted by molar-refractivity contribution is 4.99. The van der Waals surface area contributed by atoms with Gasteiger partial charge in [0.15, 0.2) is 0 Å². The zero-order valence-corrected chi connectivity index (χ0v) is 6.47. The molecule has 2 rings (SSSR count). The van der Waals surface area contributed by atoms with Gasteiger partial charge in [-0.25, -0.2) is 0 Å². The van der Waals surface area contributed by atoms with Crippen molar-refractivity contribution in [2.45, 2.75) is 38.5 Å². The third kappa shape index (κ3) is 0.878. The second kappa shape index (κ2) is 2.23. The van der Waals surface area contributed by atoms with Crippen LogP contribution in [-0.2, 0) is 0 Å². The number of aliphatic hydroxyl groups is 1. The molecule has 2 aliphatic rings. The summed E-state index contributed by atoms with van der Waals surface area (Å²) in [5.74, 6) is 0.668. The molecule has 0 radical (unpaired) electrons. The SMILES string of the molecule is OCC1CCCCC12CC2. The summed E-state index contributed by atoms with van der Waals surface area (Å²) in [7, 11) is 0. The molecule has 0 saturated heterocycles. The lowest BCUT2D eigenvalue weighted by atomic mass is 9.77. The van der Waals surface area contributed by atoms with Crippen LogP contribution in [0.4, 0.5) is 0 Å². The summed E-state index contributed by atoms with van der Waals surface area (Å²) < 4.78 is 0. The van der Waals surface area contributed by atoms with E-state index >= 15 is 0 Å². The molecule has 1 nitrogen and oxygen atoms in total. The van der Waals surface area contributed by atoms with Crippen molar-refractivity contribution in [1.29, 1.82) is 0 Å². The van der Waals surface area contributed by atoms with E-state index in [2.05, 4.69) is 0 Å². The summed E-state index contributed by atoms with van der Waals surface area (Å²) >= 11 is 0. The zero-order valence-electron chi connectivity index (χ0n) is 6.47. The molecular formula is C9H16O. The lowest BCUT2D eigenvalue weighted by molar-refractivity contribution is 0.120. The number of hydrogen-bond donors (Lipinski definition) is 1. The van der Waals surface area contributed by atoms with Crippen LogP contribution in [0.1, 0.15) is 38.5 Å². The molecule has 0 amide bonds. The van der Waals surface area contributed by atoms with Gasteiger partial charge in [-0.3, -0.25) is 0 Å². The summed E-state index contributed by atoms with van der Waals surface area (Å²) in [4.78, 5) is 0. The van der Waals surface area contributed by atoms with Gasteiger partial charge in [-0.15, -0.1) is 0 Å². The average molecular weight is 140 g/mol. The molecule has 0 heterocycles. The number of hydrogen-bond acceptors (Lipinski definition) is 1. The predicted octanol–water partition coefficient (Wildman–Crippen LogP) is 1.95. The minimum Gasteiger partial charge on any atom is -0.396 e. The molecule has 0 aliphatic heterocycles. The molecule has 0 aromatic rings. The molecule has 1 heteroatoms. The van der Waals surface area contributed by atoms with E-state index in [4.69, 9.17) is 5.11 Å². The second-order valence-corrected chi connectivity index (χ2v) is 3.99. The molecule has 0 aromatic carbocycles. The Morgan fingerprint density at radius 2 is 2.00 bits per heavy atom. The van der Waals surface area contributed by atoms with E-state index in [1.165, 1.54) is 38.5 Å². The van der Waals surface area contributed by atoms with E-state index in [0.29, 0.717) is 17.9 Å². The van der Waals surface area contributed by atoms with Crippen molar-refractivity contribution in [1.82, 2.24) is 0 Å².